The summed E-state index contributed by atoms with van der Waals surface area (Å²) in [6, 6.07) is 13.8. The number of amides is 1. The van der Waals surface area contributed by atoms with Crippen LogP contribution in [-0.4, -0.2) is 50.7 Å². The van der Waals surface area contributed by atoms with Gasteiger partial charge in [-0.25, -0.2) is 0 Å². The Morgan fingerprint density at radius 3 is 2.48 bits per heavy atom. The van der Waals surface area contributed by atoms with Gasteiger partial charge in [0.25, 0.3) is 11.6 Å². The molecule has 0 unspecified atom stereocenters. The van der Waals surface area contributed by atoms with Gasteiger partial charge >= 0.3 is 0 Å². The molecule has 0 radical (unpaired) electrons. The summed E-state index contributed by atoms with van der Waals surface area (Å²) >= 11 is 0. The molecule has 0 bridgehead atoms. The number of ether oxygens (including phenoxy) is 1. The van der Waals surface area contributed by atoms with Crippen molar-refractivity contribution in [3.05, 3.63) is 58.6 Å². The first-order valence-corrected chi connectivity index (χ1v) is 8.82. The molecule has 2 aromatic carbocycles. The monoisotopic (exact) mass is 371 g/mol. The first kappa shape index (κ1) is 18.7. The molecule has 27 heavy (non-hydrogen) atoms. The lowest BCUT2D eigenvalue weighted by atomic mass is 10.2. The predicted molar refractivity (Wildman–Crippen MR) is 102 cm³/mol. The summed E-state index contributed by atoms with van der Waals surface area (Å²) in [5.74, 6) is 0.765. The maximum atomic E-state index is 12.3. The molecule has 2 N–H and O–H groups in total. The first-order valence-electron chi connectivity index (χ1n) is 8.82. The number of carbonyl (C=O) groups is 1. The molecule has 1 heterocycles. The molecule has 1 aliphatic heterocycles. The van der Waals surface area contributed by atoms with Crippen molar-refractivity contribution >= 4 is 23.0 Å². The number of rotatable bonds is 6. The second-order valence-electron chi connectivity index (χ2n) is 6.44. The van der Waals surface area contributed by atoms with Crippen LogP contribution in [0, 0.1) is 10.1 Å². The predicted octanol–water partition coefficient (Wildman–Crippen LogP) is 0.947. The van der Waals surface area contributed by atoms with Gasteiger partial charge in [0.05, 0.1) is 43.9 Å². The van der Waals surface area contributed by atoms with E-state index in [1.807, 2.05) is 24.3 Å². The molecule has 8 heteroatoms. The number of anilines is 2. The Balaban J connectivity index is 1.50. The van der Waals surface area contributed by atoms with Crippen molar-refractivity contribution in [3.8, 4) is 5.75 Å². The molecule has 0 spiro atoms. The summed E-state index contributed by atoms with van der Waals surface area (Å²) < 4.78 is 5.42. The number of methoxy groups -OCH3 is 1. The number of nitrogens with zero attached hydrogens (tertiary/aromatic N) is 2. The average molecular weight is 371 g/mol. The zero-order valence-corrected chi connectivity index (χ0v) is 15.2. The maximum Gasteiger partial charge on any atom is 0.279 e. The van der Waals surface area contributed by atoms with Crippen LogP contribution in [0.4, 0.5) is 17.1 Å². The van der Waals surface area contributed by atoms with Crippen molar-refractivity contribution in [2.45, 2.75) is 0 Å². The third kappa shape index (κ3) is 4.73. The van der Waals surface area contributed by atoms with Gasteiger partial charge in [0.15, 0.2) is 6.54 Å². The van der Waals surface area contributed by atoms with Gasteiger partial charge in [-0.3, -0.25) is 14.9 Å². The highest BCUT2D eigenvalue weighted by atomic mass is 16.6. The topological polar surface area (TPSA) is 89.2 Å². The Bertz CT molecular complexity index is 802. The van der Waals surface area contributed by atoms with E-state index < -0.39 is 4.92 Å². The highest BCUT2D eigenvalue weighted by molar-refractivity contribution is 5.91. The van der Waals surface area contributed by atoms with Crippen molar-refractivity contribution in [1.82, 2.24) is 0 Å². The fourth-order valence-corrected chi connectivity index (χ4v) is 3.23. The molecule has 0 saturated carbocycles. The minimum Gasteiger partial charge on any atom is -0.495 e. The molecular weight excluding hydrogens is 348 g/mol. The Kier molecular flexibility index (Phi) is 5.87. The zero-order chi connectivity index (χ0) is 19.2. The smallest absolute Gasteiger partial charge is 0.279 e. The normalized spacial score (nSPS) is 14.6. The molecule has 1 amide bonds. The van der Waals surface area contributed by atoms with E-state index in [0.717, 1.165) is 37.6 Å². The van der Waals surface area contributed by atoms with Gasteiger partial charge in [0, 0.05) is 17.8 Å². The van der Waals surface area contributed by atoms with Crippen LogP contribution < -0.4 is 19.9 Å². The van der Waals surface area contributed by atoms with E-state index in [-0.39, 0.29) is 11.6 Å². The Hall–Kier alpha value is -3.13. The van der Waals surface area contributed by atoms with Gasteiger partial charge in [0.1, 0.15) is 5.75 Å². The minimum absolute atomic E-state index is 0.00564. The Morgan fingerprint density at radius 2 is 1.85 bits per heavy atom. The fraction of sp³-hybridized carbons (Fsp3) is 0.316. The summed E-state index contributed by atoms with van der Waals surface area (Å²) in [6.45, 7) is 3.77. The second kappa shape index (κ2) is 8.50. The number of para-hydroxylation sites is 2. The minimum atomic E-state index is -0.461. The van der Waals surface area contributed by atoms with E-state index in [1.165, 1.54) is 17.0 Å². The van der Waals surface area contributed by atoms with Crippen LogP contribution in [0.15, 0.2) is 48.5 Å². The first-order chi connectivity index (χ1) is 13.1. The highest BCUT2D eigenvalue weighted by Gasteiger charge is 2.24. The summed E-state index contributed by atoms with van der Waals surface area (Å²) in [4.78, 5) is 25.9. The number of carbonyl (C=O) groups excluding carboxylic acids is 1. The van der Waals surface area contributed by atoms with Gasteiger partial charge in [-0.2, -0.15) is 0 Å². The van der Waals surface area contributed by atoms with Crippen LogP contribution in [0.3, 0.4) is 0 Å². The van der Waals surface area contributed by atoms with Gasteiger partial charge in [-0.15, -0.1) is 0 Å². The molecule has 8 nitrogen and oxygen atoms in total. The number of piperazine rings is 1. The lowest BCUT2D eigenvalue weighted by Crippen LogP contribution is -3.15. The van der Waals surface area contributed by atoms with Crippen LogP contribution in [0.25, 0.3) is 0 Å². The fourth-order valence-electron chi connectivity index (χ4n) is 3.23. The Morgan fingerprint density at radius 1 is 1.19 bits per heavy atom. The Labute approximate surface area is 157 Å². The summed E-state index contributed by atoms with van der Waals surface area (Å²) in [5, 5.41) is 13.5. The lowest BCUT2D eigenvalue weighted by Gasteiger charge is -2.34. The van der Waals surface area contributed by atoms with Crippen LogP contribution in [0.5, 0.6) is 5.75 Å². The maximum absolute atomic E-state index is 12.3. The molecule has 1 aliphatic rings. The molecule has 0 aliphatic carbocycles. The number of hydrogen-bond acceptors (Lipinski definition) is 5. The number of hydrogen-bond donors (Lipinski definition) is 2. The summed E-state index contributed by atoms with van der Waals surface area (Å²) in [5.41, 5.74) is 1.65. The van der Waals surface area contributed by atoms with Crippen molar-refractivity contribution in [2.24, 2.45) is 0 Å². The van der Waals surface area contributed by atoms with E-state index in [9.17, 15) is 14.9 Å². The number of quaternary nitrogens is 1. The van der Waals surface area contributed by atoms with Crippen LogP contribution >= 0.6 is 0 Å². The van der Waals surface area contributed by atoms with E-state index in [0.29, 0.717) is 12.2 Å². The molecular formula is C19H23N4O4+. The third-order valence-electron chi connectivity index (χ3n) is 4.67. The largest absolute Gasteiger partial charge is 0.495 e. The van der Waals surface area contributed by atoms with E-state index in [1.54, 1.807) is 19.2 Å². The van der Waals surface area contributed by atoms with Gasteiger partial charge < -0.3 is 19.9 Å². The number of nitro groups is 1. The highest BCUT2D eigenvalue weighted by Crippen LogP contribution is 2.27. The molecule has 142 valence electrons. The quantitative estimate of drug-likeness (QED) is 0.583. The lowest BCUT2D eigenvalue weighted by molar-refractivity contribution is -0.892. The summed E-state index contributed by atoms with van der Waals surface area (Å²) in [7, 11) is 1.67. The summed E-state index contributed by atoms with van der Waals surface area (Å²) in [6.07, 6.45) is 0. The zero-order valence-electron chi connectivity index (χ0n) is 15.2. The molecule has 0 aromatic heterocycles. The van der Waals surface area contributed by atoms with Crippen LogP contribution in [-0.2, 0) is 4.79 Å². The molecule has 0 atom stereocenters. The van der Waals surface area contributed by atoms with E-state index >= 15 is 0 Å². The van der Waals surface area contributed by atoms with Crippen molar-refractivity contribution < 1.29 is 19.4 Å². The number of nitrogens with one attached hydrogen (secondary N) is 2. The van der Waals surface area contributed by atoms with Gasteiger partial charge in [0.2, 0.25) is 0 Å². The molecule has 2 aromatic rings. The van der Waals surface area contributed by atoms with Gasteiger partial charge in [-0.05, 0) is 24.3 Å². The SMILES string of the molecule is COc1ccccc1N1CC[NH+](CC(=O)Nc2ccc([N+](=O)[O-])cc2)CC1. The number of benzene rings is 2. The standard InChI is InChI=1S/C19H22N4O4/c1-27-18-5-3-2-4-17(18)22-12-10-21(11-13-22)14-19(24)20-15-6-8-16(9-7-15)23(25)26/h2-9H,10-14H2,1H3,(H,20,24)/p+1. The number of nitro benzene ring substituents is 1. The van der Waals surface area contributed by atoms with Gasteiger partial charge in [-0.1, -0.05) is 12.1 Å². The number of non-ortho nitro benzene ring substituents is 1. The van der Waals surface area contributed by atoms with Crippen molar-refractivity contribution in [1.29, 1.82) is 0 Å². The van der Waals surface area contributed by atoms with Crippen LogP contribution in [0.2, 0.25) is 0 Å². The molecule has 1 fully saturated rings. The van der Waals surface area contributed by atoms with Crippen molar-refractivity contribution in [3.63, 3.8) is 0 Å². The molecule has 3 rings (SSSR count). The second-order valence-corrected chi connectivity index (χ2v) is 6.44. The van der Waals surface area contributed by atoms with E-state index in [2.05, 4.69) is 10.2 Å². The van der Waals surface area contributed by atoms with Crippen molar-refractivity contribution in [2.75, 3.05) is 50.1 Å². The average Bonchev–Trinajstić information content (AvgIpc) is 2.69. The van der Waals surface area contributed by atoms with E-state index in [4.69, 9.17) is 4.74 Å². The third-order valence-corrected chi connectivity index (χ3v) is 4.67. The molecule has 1 saturated heterocycles. The van der Waals surface area contributed by atoms with Crippen LogP contribution in [0.1, 0.15) is 0 Å².